The van der Waals surface area contributed by atoms with Gasteiger partial charge >= 0.3 is 0 Å². The summed E-state index contributed by atoms with van der Waals surface area (Å²) in [5.41, 5.74) is 2.53. The van der Waals surface area contributed by atoms with E-state index in [1.807, 2.05) is 6.92 Å². The summed E-state index contributed by atoms with van der Waals surface area (Å²) >= 11 is 0. The number of phenols is 1. The third kappa shape index (κ3) is 3.47. The van der Waals surface area contributed by atoms with Gasteiger partial charge in [-0.1, -0.05) is 12.1 Å². The number of hydrogen-bond donors (Lipinski definition) is 2. The van der Waals surface area contributed by atoms with Gasteiger partial charge in [0.1, 0.15) is 17.3 Å². The third-order valence-corrected chi connectivity index (χ3v) is 5.52. The molecule has 0 saturated carbocycles. The zero-order valence-electron chi connectivity index (χ0n) is 17.9. The molecular formula is C25H22N2O5. The van der Waals surface area contributed by atoms with Crippen molar-refractivity contribution in [1.29, 1.82) is 0 Å². The van der Waals surface area contributed by atoms with Crippen LogP contribution in [0.5, 0.6) is 11.5 Å². The number of pyridine rings is 1. The molecule has 1 amide bonds. The summed E-state index contributed by atoms with van der Waals surface area (Å²) in [6.07, 6.45) is 3.11. The van der Waals surface area contributed by atoms with Crippen LogP contribution in [-0.2, 0) is 9.59 Å². The molecule has 1 aromatic heterocycles. The number of aromatic nitrogens is 1. The first-order valence-corrected chi connectivity index (χ1v) is 9.99. The van der Waals surface area contributed by atoms with Crippen molar-refractivity contribution in [2.45, 2.75) is 19.9 Å². The number of nitrogens with zero attached hydrogens (tertiary/aromatic N) is 2. The number of amides is 1. The number of phenolic OH excluding ortho intramolecular Hbond substituents is 1. The average molecular weight is 430 g/mol. The standard InChI is InChI=1S/C25H22N2O5/c1-14-6-9-20(28)19(11-14)27-22(16-5-4-10-26-13-16)21(24(30)25(27)31)23(29)18-8-7-17(32-3)12-15(18)2/h4-13,22,28-29H,1-3H3/b23-21-. The largest absolute Gasteiger partial charge is 0.507 e. The van der Waals surface area contributed by atoms with Crippen molar-refractivity contribution < 1.29 is 24.5 Å². The van der Waals surface area contributed by atoms with Crippen LogP contribution in [0.4, 0.5) is 5.69 Å². The Labute approximate surface area is 185 Å². The van der Waals surface area contributed by atoms with Gasteiger partial charge in [-0.2, -0.15) is 0 Å². The van der Waals surface area contributed by atoms with E-state index < -0.39 is 17.7 Å². The lowest BCUT2D eigenvalue weighted by atomic mass is 9.94. The summed E-state index contributed by atoms with van der Waals surface area (Å²) < 4.78 is 5.22. The number of carbonyl (C=O) groups excluding carboxylic acids is 2. The molecule has 0 aliphatic carbocycles. The third-order valence-electron chi connectivity index (χ3n) is 5.52. The number of ketones is 1. The van der Waals surface area contributed by atoms with Crippen LogP contribution in [0.25, 0.3) is 5.76 Å². The minimum Gasteiger partial charge on any atom is -0.507 e. The van der Waals surface area contributed by atoms with Crippen molar-refractivity contribution in [3.8, 4) is 11.5 Å². The minimum absolute atomic E-state index is 0.0721. The van der Waals surface area contributed by atoms with Crippen LogP contribution >= 0.6 is 0 Å². The van der Waals surface area contributed by atoms with Gasteiger partial charge in [0.2, 0.25) is 0 Å². The zero-order valence-corrected chi connectivity index (χ0v) is 17.9. The number of aliphatic hydroxyl groups is 1. The topological polar surface area (TPSA) is 100.0 Å². The van der Waals surface area contributed by atoms with Crippen LogP contribution in [0.2, 0.25) is 0 Å². The molecule has 2 heterocycles. The average Bonchev–Trinajstić information content (AvgIpc) is 3.06. The molecule has 7 heteroatoms. The quantitative estimate of drug-likeness (QED) is 0.368. The molecule has 0 bridgehead atoms. The lowest BCUT2D eigenvalue weighted by Crippen LogP contribution is -2.29. The molecule has 2 N–H and O–H groups in total. The molecule has 1 aliphatic heterocycles. The number of Topliss-reactive ketones (excluding diaryl/α,β-unsaturated/α-hetero) is 1. The number of hydrogen-bond acceptors (Lipinski definition) is 6. The van der Waals surface area contributed by atoms with E-state index in [0.717, 1.165) is 5.56 Å². The Morgan fingerprint density at radius 2 is 1.88 bits per heavy atom. The maximum atomic E-state index is 13.2. The van der Waals surface area contributed by atoms with Gasteiger partial charge in [0.15, 0.2) is 0 Å². The molecule has 2 aromatic carbocycles. The van der Waals surface area contributed by atoms with Gasteiger partial charge in [-0.25, -0.2) is 0 Å². The van der Waals surface area contributed by atoms with E-state index in [1.54, 1.807) is 55.6 Å². The molecular weight excluding hydrogens is 408 g/mol. The molecule has 1 fully saturated rings. The molecule has 1 saturated heterocycles. The molecule has 7 nitrogen and oxygen atoms in total. The second-order valence-electron chi connectivity index (χ2n) is 7.63. The summed E-state index contributed by atoms with van der Waals surface area (Å²) in [4.78, 5) is 31.7. The Hall–Kier alpha value is -4.13. The monoisotopic (exact) mass is 430 g/mol. The van der Waals surface area contributed by atoms with Gasteiger partial charge in [-0.15, -0.1) is 0 Å². The van der Waals surface area contributed by atoms with Gasteiger partial charge in [0.05, 0.1) is 24.4 Å². The van der Waals surface area contributed by atoms with Crippen molar-refractivity contribution in [3.05, 3.63) is 88.8 Å². The summed E-state index contributed by atoms with van der Waals surface area (Å²) in [5, 5.41) is 21.7. The van der Waals surface area contributed by atoms with E-state index in [0.29, 0.717) is 22.4 Å². The van der Waals surface area contributed by atoms with Crippen LogP contribution in [0, 0.1) is 13.8 Å². The molecule has 32 heavy (non-hydrogen) atoms. The van der Waals surface area contributed by atoms with Crippen LogP contribution in [0.15, 0.2) is 66.5 Å². The molecule has 0 spiro atoms. The fourth-order valence-corrected chi connectivity index (χ4v) is 3.93. The summed E-state index contributed by atoms with van der Waals surface area (Å²) in [7, 11) is 1.54. The van der Waals surface area contributed by atoms with Gasteiger partial charge in [0.25, 0.3) is 11.7 Å². The Morgan fingerprint density at radius 3 is 2.53 bits per heavy atom. The molecule has 0 radical (unpaired) electrons. The lowest BCUT2D eigenvalue weighted by Gasteiger charge is -2.26. The molecule has 4 rings (SSSR count). The van der Waals surface area contributed by atoms with Crippen molar-refractivity contribution in [2.24, 2.45) is 0 Å². The molecule has 1 unspecified atom stereocenters. The molecule has 3 aromatic rings. The van der Waals surface area contributed by atoms with E-state index in [4.69, 9.17) is 4.74 Å². The molecule has 1 atom stereocenters. The summed E-state index contributed by atoms with van der Waals surface area (Å²) in [5.74, 6) is -1.52. The second kappa shape index (κ2) is 8.19. The van der Waals surface area contributed by atoms with Crippen LogP contribution in [-0.4, -0.2) is 34.0 Å². The normalized spacial score (nSPS) is 17.6. The zero-order chi connectivity index (χ0) is 23.0. The van der Waals surface area contributed by atoms with Crippen LogP contribution in [0.1, 0.15) is 28.3 Å². The highest BCUT2D eigenvalue weighted by molar-refractivity contribution is 6.52. The first kappa shape index (κ1) is 21.1. The fourth-order valence-electron chi connectivity index (χ4n) is 3.93. The van der Waals surface area contributed by atoms with E-state index in [9.17, 15) is 19.8 Å². The number of aromatic hydroxyl groups is 1. The Bertz CT molecular complexity index is 1250. The SMILES string of the molecule is COc1ccc(/C(O)=C2/C(=O)C(=O)N(c3cc(C)ccc3O)C2c2cccnc2)c(C)c1. The highest BCUT2D eigenvalue weighted by Crippen LogP contribution is 2.45. The van der Waals surface area contributed by atoms with Crippen molar-refractivity contribution in [3.63, 3.8) is 0 Å². The highest BCUT2D eigenvalue weighted by Gasteiger charge is 2.48. The van der Waals surface area contributed by atoms with E-state index in [-0.39, 0.29) is 22.8 Å². The Kier molecular flexibility index (Phi) is 5.40. The van der Waals surface area contributed by atoms with Crippen LogP contribution in [0.3, 0.4) is 0 Å². The predicted octanol–water partition coefficient (Wildman–Crippen LogP) is 4.04. The van der Waals surface area contributed by atoms with Crippen LogP contribution < -0.4 is 9.64 Å². The number of ether oxygens (including phenoxy) is 1. The number of carbonyl (C=O) groups is 2. The van der Waals surface area contributed by atoms with Crippen molar-refractivity contribution in [2.75, 3.05) is 12.0 Å². The number of aryl methyl sites for hydroxylation is 2. The number of aliphatic hydroxyl groups excluding tert-OH is 1. The van der Waals surface area contributed by atoms with E-state index in [2.05, 4.69) is 4.98 Å². The minimum atomic E-state index is -0.960. The van der Waals surface area contributed by atoms with Gasteiger partial charge < -0.3 is 14.9 Å². The molecule has 1 aliphatic rings. The van der Waals surface area contributed by atoms with Crippen molar-refractivity contribution >= 4 is 23.1 Å². The predicted molar refractivity (Wildman–Crippen MR) is 120 cm³/mol. The molecule has 162 valence electrons. The second-order valence-corrected chi connectivity index (χ2v) is 7.63. The highest BCUT2D eigenvalue weighted by atomic mass is 16.5. The van der Waals surface area contributed by atoms with Crippen molar-refractivity contribution in [1.82, 2.24) is 4.98 Å². The number of rotatable bonds is 4. The van der Waals surface area contributed by atoms with E-state index in [1.165, 1.54) is 24.3 Å². The number of benzene rings is 2. The maximum Gasteiger partial charge on any atom is 0.300 e. The lowest BCUT2D eigenvalue weighted by molar-refractivity contribution is -0.132. The Morgan fingerprint density at radius 1 is 1.09 bits per heavy atom. The van der Waals surface area contributed by atoms with Gasteiger partial charge in [-0.3, -0.25) is 19.5 Å². The fraction of sp³-hybridized carbons (Fsp3) is 0.160. The van der Waals surface area contributed by atoms with E-state index >= 15 is 0 Å². The first-order chi connectivity index (χ1) is 15.3. The first-order valence-electron chi connectivity index (χ1n) is 9.99. The summed E-state index contributed by atoms with van der Waals surface area (Å²) in [6.45, 7) is 3.60. The Balaban J connectivity index is 1.97. The maximum absolute atomic E-state index is 13.2. The number of anilines is 1. The van der Waals surface area contributed by atoms with Gasteiger partial charge in [-0.05, 0) is 66.9 Å². The smallest absolute Gasteiger partial charge is 0.300 e. The van der Waals surface area contributed by atoms with Gasteiger partial charge in [0, 0.05) is 18.0 Å². The number of methoxy groups -OCH3 is 1. The summed E-state index contributed by atoms with van der Waals surface area (Å²) in [6, 6.07) is 12.3.